The van der Waals surface area contributed by atoms with Gasteiger partial charge in [-0.2, -0.15) is 0 Å². The van der Waals surface area contributed by atoms with Crippen molar-refractivity contribution in [3.63, 3.8) is 0 Å². The van der Waals surface area contributed by atoms with Crippen molar-refractivity contribution in [1.82, 2.24) is 14.7 Å². The van der Waals surface area contributed by atoms with Gasteiger partial charge in [-0.05, 0) is 36.9 Å². The van der Waals surface area contributed by atoms with Crippen LogP contribution in [0.1, 0.15) is 11.3 Å². The van der Waals surface area contributed by atoms with Crippen LogP contribution in [-0.2, 0) is 13.2 Å². The topological polar surface area (TPSA) is 38.6 Å². The fourth-order valence-electron chi connectivity index (χ4n) is 2.22. The van der Waals surface area contributed by atoms with E-state index in [9.17, 15) is 4.39 Å². The van der Waals surface area contributed by atoms with Crippen molar-refractivity contribution in [2.24, 2.45) is 0 Å². The van der Waals surface area contributed by atoms with Crippen molar-refractivity contribution in [2.75, 3.05) is 7.05 Å². The molecule has 108 valence electrons. The van der Waals surface area contributed by atoms with Gasteiger partial charge >= 0.3 is 0 Å². The Labute approximate surface area is 122 Å². The fourth-order valence-corrected chi connectivity index (χ4v) is 2.22. The highest BCUT2D eigenvalue weighted by atomic mass is 19.1. The van der Waals surface area contributed by atoms with Gasteiger partial charge in [0.25, 0.3) is 0 Å². The minimum Gasteiger partial charge on any atom is -0.487 e. The van der Waals surface area contributed by atoms with Crippen LogP contribution in [0.25, 0.3) is 5.65 Å². The Morgan fingerprint density at radius 2 is 2.19 bits per heavy atom. The second-order valence-electron chi connectivity index (χ2n) is 4.81. The third kappa shape index (κ3) is 3.20. The van der Waals surface area contributed by atoms with Crippen LogP contribution in [0.3, 0.4) is 0 Å². The van der Waals surface area contributed by atoms with E-state index in [2.05, 4.69) is 10.3 Å². The molecule has 3 aromatic rings. The number of nitrogens with one attached hydrogen (secondary N) is 1. The molecule has 21 heavy (non-hydrogen) atoms. The maximum absolute atomic E-state index is 13.5. The Bertz CT molecular complexity index is 721. The molecule has 0 spiro atoms. The summed E-state index contributed by atoms with van der Waals surface area (Å²) >= 11 is 0. The zero-order valence-corrected chi connectivity index (χ0v) is 11.7. The molecule has 0 amide bonds. The molecule has 0 fully saturated rings. The average Bonchev–Trinajstić information content (AvgIpc) is 2.88. The summed E-state index contributed by atoms with van der Waals surface area (Å²) in [7, 11) is 1.82. The molecule has 1 aromatic carbocycles. The number of pyridine rings is 1. The summed E-state index contributed by atoms with van der Waals surface area (Å²) in [4.78, 5) is 4.44. The van der Waals surface area contributed by atoms with Crippen LogP contribution in [0.15, 0.2) is 48.8 Å². The predicted molar refractivity (Wildman–Crippen MR) is 78.7 cm³/mol. The number of hydrogen-bond donors (Lipinski definition) is 1. The zero-order valence-electron chi connectivity index (χ0n) is 11.7. The second kappa shape index (κ2) is 5.93. The lowest BCUT2D eigenvalue weighted by Crippen LogP contribution is -2.06. The van der Waals surface area contributed by atoms with Crippen LogP contribution in [-0.4, -0.2) is 16.4 Å². The number of benzene rings is 1. The van der Waals surface area contributed by atoms with Crippen LogP contribution in [0.5, 0.6) is 5.75 Å². The molecule has 5 heteroatoms. The summed E-state index contributed by atoms with van der Waals surface area (Å²) in [6.07, 6.45) is 3.84. The summed E-state index contributed by atoms with van der Waals surface area (Å²) < 4.78 is 21.1. The van der Waals surface area contributed by atoms with Crippen molar-refractivity contribution in [1.29, 1.82) is 0 Å². The minimum atomic E-state index is -0.298. The standard InChI is InChI=1S/C16H16FN3O/c1-18-9-12-6-13(17)8-15(7-12)21-11-14-10-20-5-3-2-4-16(20)19-14/h2-8,10,18H,9,11H2,1H3. The van der Waals surface area contributed by atoms with E-state index in [0.717, 1.165) is 16.9 Å². The molecule has 0 atom stereocenters. The van der Waals surface area contributed by atoms with E-state index in [1.165, 1.54) is 12.1 Å². The highest BCUT2D eigenvalue weighted by Gasteiger charge is 2.05. The Morgan fingerprint density at radius 3 is 3.00 bits per heavy atom. The molecule has 0 radical (unpaired) electrons. The van der Waals surface area contributed by atoms with E-state index in [0.29, 0.717) is 18.9 Å². The van der Waals surface area contributed by atoms with Gasteiger partial charge in [0.2, 0.25) is 0 Å². The molecular formula is C16H16FN3O. The maximum atomic E-state index is 13.5. The van der Waals surface area contributed by atoms with Crippen molar-refractivity contribution in [2.45, 2.75) is 13.2 Å². The largest absolute Gasteiger partial charge is 0.487 e. The van der Waals surface area contributed by atoms with Crippen LogP contribution in [0.2, 0.25) is 0 Å². The van der Waals surface area contributed by atoms with Gasteiger partial charge in [-0.15, -0.1) is 0 Å². The molecule has 2 heterocycles. The van der Waals surface area contributed by atoms with Gasteiger partial charge in [-0.1, -0.05) is 6.07 Å². The molecule has 0 bridgehead atoms. The molecular weight excluding hydrogens is 269 g/mol. The van der Waals surface area contributed by atoms with E-state index in [1.807, 2.05) is 48.1 Å². The number of imidazole rings is 1. The molecule has 0 saturated heterocycles. The lowest BCUT2D eigenvalue weighted by atomic mass is 10.2. The average molecular weight is 285 g/mol. The summed E-state index contributed by atoms with van der Waals surface area (Å²) in [6.45, 7) is 0.909. The van der Waals surface area contributed by atoms with E-state index in [4.69, 9.17) is 4.74 Å². The van der Waals surface area contributed by atoms with E-state index >= 15 is 0 Å². The van der Waals surface area contributed by atoms with Crippen LogP contribution < -0.4 is 10.1 Å². The highest BCUT2D eigenvalue weighted by Crippen LogP contribution is 2.18. The molecule has 2 aromatic heterocycles. The summed E-state index contributed by atoms with van der Waals surface area (Å²) in [5.41, 5.74) is 2.52. The van der Waals surface area contributed by atoms with Crippen molar-refractivity contribution in [3.8, 4) is 5.75 Å². The first-order valence-electron chi connectivity index (χ1n) is 6.74. The lowest BCUT2D eigenvalue weighted by molar-refractivity contribution is 0.300. The fraction of sp³-hybridized carbons (Fsp3) is 0.188. The quantitative estimate of drug-likeness (QED) is 0.783. The molecule has 0 aliphatic heterocycles. The van der Waals surface area contributed by atoms with Gasteiger partial charge in [-0.25, -0.2) is 9.37 Å². The van der Waals surface area contributed by atoms with Gasteiger partial charge in [0.15, 0.2) is 0 Å². The van der Waals surface area contributed by atoms with Crippen molar-refractivity contribution >= 4 is 5.65 Å². The second-order valence-corrected chi connectivity index (χ2v) is 4.81. The third-order valence-electron chi connectivity index (χ3n) is 3.11. The van der Waals surface area contributed by atoms with Gasteiger partial charge in [0, 0.05) is 25.0 Å². The lowest BCUT2D eigenvalue weighted by Gasteiger charge is -2.07. The van der Waals surface area contributed by atoms with Gasteiger partial charge < -0.3 is 14.5 Å². The van der Waals surface area contributed by atoms with Crippen LogP contribution in [0, 0.1) is 5.82 Å². The first kappa shape index (κ1) is 13.6. The number of nitrogens with zero attached hydrogens (tertiary/aromatic N) is 2. The molecule has 0 aliphatic carbocycles. The van der Waals surface area contributed by atoms with Crippen molar-refractivity contribution in [3.05, 3.63) is 65.9 Å². The summed E-state index contributed by atoms with van der Waals surface area (Å²) in [6, 6.07) is 10.5. The van der Waals surface area contributed by atoms with Crippen LogP contribution >= 0.6 is 0 Å². The molecule has 3 rings (SSSR count). The first-order chi connectivity index (χ1) is 10.2. The first-order valence-corrected chi connectivity index (χ1v) is 6.74. The van der Waals surface area contributed by atoms with Gasteiger partial charge in [-0.3, -0.25) is 0 Å². The minimum absolute atomic E-state index is 0.298. The number of halogens is 1. The molecule has 1 N–H and O–H groups in total. The predicted octanol–water partition coefficient (Wildman–Crippen LogP) is 2.77. The third-order valence-corrected chi connectivity index (χ3v) is 3.11. The molecule has 0 unspecified atom stereocenters. The van der Waals surface area contributed by atoms with Gasteiger partial charge in [0.05, 0.1) is 5.69 Å². The van der Waals surface area contributed by atoms with Crippen LogP contribution in [0.4, 0.5) is 4.39 Å². The zero-order chi connectivity index (χ0) is 14.7. The van der Waals surface area contributed by atoms with E-state index in [1.54, 1.807) is 0 Å². The summed E-state index contributed by atoms with van der Waals surface area (Å²) in [5.74, 6) is 0.213. The Morgan fingerprint density at radius 1 is 1.29 bits per heavy atom. The molecule has 0 saturated carbocycles. The normalized spacial score (nSPS) is 11.0. The Hall–Kier alpha value is -2.40. The molecule has 0 aliphatic rings. The number of rotatable bonds is 5. The Balaban J connectivity index is 1.74. The SMILES string of the molecule is CNCc1cc(F)cc(OCc2cn3ccccc3n2)c1. The van der Waals surface area contributed by atoms with Gasteiger partial charge in [0.1, 0.15) is 23.8 Å². The highest BCUT2D eigenvalue weighted by molar-refractivity contribution is 5.39. The number of hydrogen-bond acceptors (Lipinski definition) is 3. The monoisotopic (exact) mass is 285 g/mol. The smallest absolute Gasteiger partial charge is 0.137 e. The molecule has 4 nitrogen and oxygen atoms in total. The Kier molecular flexibility index (Phi) is 3.83. The number of aromatic nitrogens is 2. The number of ether oxygens (including phenoxy) is 1. The number of fused-ring (bicyclic) bond motifs is 1. The van der Waals surface area contributed by atoms with Crippen molar-refractivity contribution < 1.29 is 9.13 Å². The van der Waals surface area contributed by atoms with E-state index in [-0.39, 0.29) is 5.82 Å². The summed E-state index contributed by atoms with van der Waals surface area (Å²) in [5, 5.41) is 2.99. The van der Waals surface area contributed by atoms with E-state index < -0.39 is 0 Å². The maximum Gasteiger partial charge on any atom is 0.137 e.